The number of hydrogen-bond donors (Lipinski definition) is 1. The Labute approximate surface area is 187 Å². The molecular formula is C25H29FN4O2. The first-order valence-electron chi connectivity index (χ1n) is 11.1. The monoisotopic (exact) mass is 436 g/mol. The summed E-state index contributed by atoms with van der Waals surface area (Å²) < 4.78 is 20.6. The number of nitrogens with zero attached hydrogens (tertiary/aromatic N) is 3. The topological polar surface area (TPSA) is 63.3 Å². The first-order chi connectivity index (χ1) is 15.5. The van der Waals surface area contributed by atoms with Crippen LogP contribution in [0, 0.1) is 19.7 Å². The number of benzene rings is 1. The molecule has 0 spiro atoms. The van der Waals surface area contributed by atoms with Crippen LogP contribution >= 0.6 is 0 Å². The molecule has 4 rings (SSSR count). The van der Waals surface area contributed by atoms with Crippen LogP contribution in [0.4, 0.5) is 4.39 Å². The summed E-state index contributed by atoms with van der Waals surface area (Å²) in [4.78, 5) is 15.0. The molecular weight excluding hydrogens is 407 g/mol. The van der Waals surface area contributed by atoms with Crippen molar-refractivity contribution in [1.82, 2.24) is 20.0 Å². The van der Waals surface area contributed by atoms with E-state index in [4.69, 9.17) is 4.42 Å². The van der Waals surface area contributed by atoms with E-state index in [1.165, 1.54) is 31.4 Å². The zero-order valence-corrected chi connectivity index (χ0v) is 18.6. The van der Waals surface area contributed by atoms with Crippen LogP contribution in [0.3, 0.4) is 0 Å². The second-order valence-electron chi connectivity index (χ2n) is 8.18. The van der Waals surface area contributed by atoms with Crippen molar-refractivity contribution >= 4 is 12.0 Å². The van der Waals surface area contributed by atoms with Crippen molar-refractivity contribution in [3.05, 3.63) is 77.3 Å². The third-order valence-electron chi connectivity index (χ3n) is 5.99. The van der Waals surface area contributed by atoms with E-state index in [0.29, 0.717) is 6.54 Å². The van der Waals surface area contributed by atoms with Gasteiger partial charge in [0.2, 0.25) is 5.91 Å². The fourth-order valence-electron chi connectivity index (χ4n) is 4.27. The second kappa shape index (κ2) is 9.96. The summed E-state index contributed by atoms with van der Waals surface area (Å²) in [5.74, 6) is 0.430. The van der Waals surface area contributed by atoms with Crippen molar-refractivity contribution in [2.75, 3.05) is 19.6 Å². The summed E-state index contributed by atoms with van der Waals surface area (Å²) in [5, 5.41) is 7.58. The maximum Gasteiger partial charge on any atom is 0.244 e. The van der Waals surface area contributed by atoms with E-state index in [2.05, 4.69) is 15.3 Å². The summed E-state index contributed by atoms with van der Waals surface area (Å²) >= 11 is 0. The largest absolute Gasteiger partial charge is 0.468 e. The number of rotatable bonds is 7. The normalized spacial score (nSPS) is 15.8. The molecule has 3 heterocycles. The summed E-state index contributed by atoms with van der Waals surface area (Å²) in [6.45, 7) is 6.34. The lowest BCUT2D eigenvalue weighted by molar-refractivity contribution is -0.116. The fourth-order valence-corrected chi connectivity index (χ4v) is 4.27. The molecule has 1 fully saturated rings. The quantitative estimate of drug-likeness (QED) is 0.551. The first kappa shape index (κ1) is 22.0. The van der Waals surface area contributed by atoms with Crippen LogP contribution in [-0.2, 0) is 4.79 Å². The summed E-state index contributed by atoms with van der Waals surface area (Å²) in [7, 11) is 0. The third-order valence-corrected chi connectivity index (χ3v) is 5.99. The van der Waals surface area contributed by atoms with Gasteiger partial charge in [0.05, 0.1) is 23.7 Å². The highest BCUT2D eigenvalue weighted by Crippen LogP contribution is 2.24. The van der Waals surface area contributed by atoms with E-state index in [1.807, 2.05) is 26.0 Å². The number of aromatic nitrogens is 2. The highest BCUT2D eigenvalue weighted by atomic mass is 19.1. The van der Waals surface area contributed by atoms with Gasteiger partial charge in [0.25, 0.3) is 0 Å². The number of piperidine rings is 1. The maximum absolute atomic E-state index is 13.2. The van der Waals surface area contributed by atoms with Gasteiger partial charge in [-0.1, -0.05) is 6.42 Å². The number of likely N-dealkylation sites (tertiary alicyclic amines) is 1. The molecule has 2 aromatic heterocycles. The van der Waals surface area contributed by atoms with E-state index >= 15 is 0 Å². The van der Waals surface area contributed by atoms with Crippen molar-refractivity contribution in [3.63, 3.8) is 0 Å². The summed E-state index contributed by atoms with van der Waals surface area (Å²) in [6.07, 6.45) is 8.60. The molecule has 168 valence electrons. The molecule has 1 aliphatic heterocycles. The van der Waals surface area contributed by atoms with Crippen molar-refractivity contribution in [1.29, 1.82) is 0 Å². The van der Waals surface area contributed by atoms with Gasteiger partial charge in [0.1, 0.15) is 11.6 Å². The van der Waals surface area contributed by atoms with Crippen LogP contribution in [0.1, 0.15) is 48.0 Å². The van der Waals surface area contributed by atoms with Gasteiger partial charge in [-0.05, 0) is 82.3 Å². The van der Waals surface area contributed by atoms with Crippen LogP contribution in [0.5, 0.6) is 0 Å². The second-order valence-corrected chi connectivity index (χ2v) is 8.18. The van der Waals surface area contributed by atoms with E-state index in [0.717, 1.165) is 41.5 Å². The lowest BCUT2D eigenvalue weighted by Gasteiger charge is -2.33. The minimum Gasteiger partial charge on any atom is -0.468 e. The smallest absolute Gasteiger partial charge is 0.244 e. The van der Waals surface area contributed by atoms with Gasteiger partial charge in [0.15, 0.2) is 0 Å². The molecule has 1 saturated heterocycles. The number of carbonyl (C=O) groups excluding carboxylic acids is 1. The Morgan fingerprint density at radius 2 is 1.94 bits per heavy atom. The molecule has 7 heteroatoms. The molecule has 6 nitrogen and oxygen atoms in total. The molecule has 1 N–H and O–H groups in total. The molecule has 1 aliphatic rings. The minimum absolute atomic E-state index is 0.0346. The number of halogens is 1. The van der Waals surface area contributed by atoms with Crippen LogP contribution in [-0.4, -0.2) is 40.2 Å². The molecule has 0 radical (unpaired) electrons. The van der Waals surface area contributed by atoms with E-state index in [-0.39, 0.29) is 17.8 Å². The predicted octanol–water partition coefficient (Wildman–Crippen LogP) is 4.58. The number of nitrogens with one attached hydrogen (secondary N) is 1. The number of aryl methyl sites for hydroxylation is 1. The highest BCUT2D eigenvalue weighted by molar-refractivity contribution is 5.92. The highest BCUT2D eigenvalue weighted by Gasteiger charge is 2.24. The standard InChI is InChI=1S/C25H29FN4O2/c1-18-22(19(2)30(28-18)21-10-8-20(26)9-11-21)12-13-25(31)27-17-23(24-7-6-16-32-24)29-14-4-3-5-15-29/h6-13,16,23H,3-5,14-15,17H2,1-2H3,(H,27,31)/b13-12+. The molecule has 1 aromatic carbocycles. The Morgan fingerprint density at radius 3 is 2.62 bits per heavy atom. The van der Waals surface area contributed by atoms with E-state index in [1.54, 1.807) is 35.2 Å². The molecule has 1 amide bonds. The fraction of sp³-hybridized carbons (Fsp3) is 0.360. The van der Waals surface area contributed by atoms with Gasteiger partial charge < -0.3 is 9.73 Å². The third kappa shape index (κ3) is 4.99. The molecule has 3 aromatic rings. The van der Waals surface area contributed by atoms with Gasteiger partial charge in [0, 0.05) is 23.9 Å². The van der Waals surface area contributed by atoms with Crippen LogP contribution in [0.2, 0.25) is 0 Å². The van der Waals surface area contributed by atoms with Gasteiger partial charge in [-0.25, -0.2) is 9.07 Å². The summed E-state index contributed by atoms with van der Waals surface area (Å²) in [5.41, 5.74) is 3.35. The molecule has 1 atom stereocenters. The molecule has 32 heavy (non-hydrogen) atoms. The maximum atomic E-state index is 13.2. The predicted molar refractivity (Wildman–Crippen MR) is 122 cm³/mol. The number of furan rings is 1. The molecule has 1 unspecified atom stereocenters. The van der Waals surface area contributed by atoms with Crippen LogP contribution in [0.25, 0.3) is 11.8 Å². The number of amides is 1. The van der Waals surface area contributed by atoms with Crippen molar-refractivity contribution in [3.8, 4) is 5.69 Å². The Bertz CT molecular complexity index is 1060. The van der Waals surface area contributed by atoms with Crippen molar-refractivity contribution in [2.45, 2.75) is 39.2 Å². The Balaban J connectivity index is 1.43. The van der Waals surface area contributed by atoms with Crippen LogP contribution in [0.15, 0.2) is 53.2 Å². The molecule has 0 bridgehead atoms. The lowest BCUT2D eigenvalue weighted by Crippen LogP contribution is -2.40. The Morgan fingerprint density at radius 1 is 1.19 bits per heavy atom. The van der Waals surface area contributed by atoms with Crippen LogP contribution < -0.4 is 5.32 Å². The van der Waals surface area contributed by atoms with E-state index in [9.17, 15) is 9.18 Å². The van der Waals surface area contributed by atoms with Crippen molar-refractivity contribution in [2.24, 2.45) is 0 Å². The minimum atomic E-state index is -0.288. The average molecular weight is 437 g/mol. The SMILES string of the molecule is Cc1nn(-c2ccc(F)cc2)c(C)c1/C=C/C(=O)NCC(c1ccco1)N1CCCCC1. The molecule has 0 saturated carbocycles. The molecule has 0 aliphatic carbocycles. The Hall–Kier alpha value is -3.19. The van der Waals surface area contributed by atoms with E-state index < -0.39 is 0 Å². The lowest BCUT2D eigenvalue weighted by atomic mass is 10.1. The first-order valence-corrected chi connectivity index (χ1v) is 11.1. The number of hydrogen-bond acceptors (Lipinski definition) is 4. The van der Waals surface area contributed by atoms with Gasteiger partial charge in [-0.2, -0.15) is 5.10 Å². The summed E-state index contributed by atoms with van der Waals surface area (Å²) in [6, 6.07) is 10.1. The Kier molecular flexibility index (Phi) is 6.85. The van der Waals surface area contributed by atoms with Gasteiger partial charge in [-0.3, -0.25) is 9.69 Å². The zero-order chi connectivity index (χ0) is 22.5. The zero-order valence-electron chi connectivity index (χ0n) is 18.6. The number of carbonyl (C=O) groups is 1. The van der Waals surface area contributed by atoms with Gasteiger partial charge in [-0.15, -0.1) is 0 Å². The average Bonchev–Trinajstić information content (AvgIpc) is 3.42. The van der Waals surface area contributed by atoms with Gasteiger partial charge >= 0.3 is 0 Å². The van der Waals surface area contributed by atoms with Crippen molar-refractivity contribution < 1.29 is 13.6 Å².